The molecule has 3 aromatic rings. The fourth-order valence-corrected chi connectivity index (χ4v) is 5.49. The second kappa shape index (κ2) is 12.8. The van der Waals surface area contributed by atoms with Gasteiger partial charge in [0.15, 0.2) is 5.13 Å². The number of thiazole rings is 1. The van der Waals surface area contributed by atoms with Crippen LogP contribution < -0.4 is 16.0 Å². The lowest BCUT2D eigenvalue weighted by molar-refractivity contribution is -0.174. The van der Waals surface area contributed by atoms with Crippen molar-refractivity contribution in [1.82, 2.24) is 15.2 Å². The molecule has 1 unspecified atom stereocenters. The number of nitrogens with one attached hydrogen (secondary N) is 3. The molecule has 3 N–H and O–H groups in total. The number of alkyl halides is 3. The summed E-state index contributed by atoms with van der Waals surface area (Å²) in [6.45, 7) is 2.66. The third kappa shape index (κ3) is 7.82. The van der Waals surface area contributed by atoms with E-state index in [9.17, 15) is 27.6 Å². The summed E-state index contributed by atoms with van der Waals surface area (Å²) in [5, 5.41) is 17.0. The molecule has 1 aromatic heterocycles. The second-order valence-corrected chi connectivity index (χ2v) is 10.6. The summed E-state index contributed by atoms with van der Waals surface area (Å²) in [6.07, 6.45) is -3.32. The summed E-state index contributed by atoms with van der Waals surface area (Å²) in [7, 11) is 0. The van der Waals surface area contributed by atoms with E-state index in [0.29, 0.717) is 58.3 Å². The third-order valence-electron chi connectivity index (χ3n) is 6.34. The predicted octanol–water partition coefficient (Wildman–Crippen LogP) is 5.25. The number of anilines is 2. The highest BCUT2D eigenvalue weighted by Gasteiger charge is 2.40. The number of amides is 4. The van der Waals surface area contributed by atoms with Crippen LogP contribution in [-0.4, -0.2) is 46.5 Å². The van der Waals surface area contributed by atoms with Crippen LogP contribution in [0.5, 0.6) is 0 Å². The first-order valence-electron chi connectivity index (χ1n) is 12.9. The van der Waals surface area contributed by atoms with Crippen LogP contribution in [-0.2, 0) is 24.2 Å². The van der Waals surface area contributed by atoms with Gasteiger partial charge in [-0.2, -0.15) is 18.4 Å². The van der Waals surface area contributed by atoms with E-state index in [0.717, 1.165) is 5.56 Å². The third-order valence-corrected chi connectivity index (χ3v) is 7.37. The number of nitrogens with zero attached hydrogens (tertiary/aromatic N) is 3. The SMILES string of the molecule is CCCN(Cc1cccc(C(=O)Nc2nc3c(s2)CC(NC(=O)C(F)(F)F)CC3)c1)C(=O)Nc1cccc(C#N)c1. The van der Waals surface area contributed by atoms with Crippen molar-refractivity contribution in [2.75, 3.05) is 17.2 Å². The van der Waals surface area contributed by atoms with Gasteiger partial charge in [-0.05, 0) is 55.2 Å². The van der Waals surface area contributed by atoms with Crippen LogP contribution in [0.3, 0.4) is 0 Å². The van der Waals surface area contributed by atoms with Gasteiger partial charge in [0.25, 0.3) is 5.91 Å². The molecule has 0 bridgehead atoms. The number of hydrogen-bond acceptors (Lipinski definition) is 6. The van der Waals surface area contributed by atoms with Gasteiger partial charge in [-0.15, -0.1) is 11.3 Å². The number of benzene rings is 2. The van der Waals surface area contributed by atoms with Gasteiger partial charge in [-0.3, -0.25) is 14.9 Å². The zero-order valence-corrected chi connectivity index (χ0v) is 22.9. The Bertz CT molecular complexity index is 1480. The number of carbonyl (C=O) groups is 3. The topological polar surface area (TPSA) is 127 Å². The minimum absolute atomic E-state index is 0.205. The maximum atomic E-state index is 13.0. The highest BCUT2D eigenvalue weighted by Crippen LogP contribution is 2.30. The number of aromatic nitrogens is 1. The Morgan fingerprint density at radius 2 is 1.93 bits per heavy atom. The predicted molar refractivity (Wildman–Crippen MR) is 147 cm³/mol. The van der Waals surface area contributed by atoms with Gasteiger partial charge in [-0.25, -0.2) is 9.78 Å². The number of fused-ring (bicyclic) bond motifs is 1. The van der Waals surface area contributed by atoms with Crippen molar-refractivity contribution in [2.45, 2.75) is 51.4 Å². The van der Waals surface area contributed by atoms with Gasteiger partial charge in [0.2, 0.25) is 0 Å². The Morgan fingerprint density at radius 1 is 1.15 bits per heavy atom. The smallest absolute Gasteiger partial charge is 0.345 e. The summed E-state index contributed by atoms with van der Waals surface area (Å²) >= 11 is 1.17. The second-order valence-electron chi connectivity index (χ2n) is 9.50. The molecular weight excluding hydrogens is 557 g/mol. The molecule has 1 aliphatic carbocycles. The highest BCUT2D eigenvalue weighted by atomic mass is 32.1. The summed E-state index contributed by atoms with van der Waals surface area (Å²) < 4.78 is 37.8. The first kappa shape index (κ1) is 29.5. The molecule has 0 radical (unpaired) electrons. The lowest BCUT2D eigenvalue weighted by Gasteiger charge is -2.23. The maximum absolute atomic E-state index is 13.0. The fraction of sp³-hybridized carbons (Fsp3) is 0.321. The van der Waals surface area contributed by atoms with Gasteiger partial charge in [0.05, 0.1) is 17.3 Å². The summed E-state index contributed by atoms with van der Waals surface area (Å²) in [5.74, 6) is -2.38. The van der Waals surface area contributed by atoms with E-state index in [-0.39, 0.29) is 19.0 Å². The molecule has 0 saturated carbocycles. The molecule has 4 amide bonds. The lowest BCUT2D eigenvalue weighted by atomic mass is 9.97. The highest BCUT2D eigenvalue weighted by molar-refractivity contribution is 7.15. The van der Waals surface area contributed by atoms with E-state index in [1.165, 1.54) is 11.3 Å². The van der Waals surface area contributed by atoms with Crippen molar-refractivity contribution in [1.29, 1.82) is 5.26 Å². The molecule has 0 fully saturated rings. The number of hydrogen-bond donors (Lipinski definition) is 3. The van der Waals surface area contributed by atoms with E-state index in [1.807, 2.05) is 18.3 Å². The van der Waals surface area contributed by atoms with Crippen LogP contribution in [0.1, 0.15) is 51.8 Å². The summed E-state index contributed by atoms with van der Waals surface area (Å²) in [6, 6.07) is 14.5. The average Bonchev–Trinajstić information content (AvgIpc) is 3.34. The van der Waals surface area contributed by atoms with E-state index in [1.54, 1.807) is 53.4 Å². The van der Waals surface area contributed by atoms with Crippen molar-refractivity contribution < 1.29 is 27.6 Å². The standard InChI is InChI=1S/C28H27F3N6O3S/c1-2-11-37(27(40)34-20-8-4-5-17(13-20)15-32)16-18-6-3-7-19(12-18)24(38)36-26-35-22-10-9-21(14-23(22)41-26)33-25(39)28(29,30)31/h3-8,12-13,21H,2,9-11,14,16H2,1H3,(H,33,39)(H,34,40)(H,35,36,38). The molecule has 2 aromatic carbocycles. The monoisotopic (exact) mass is 584 g/mol. The van der Waals surface area contributed by atoms with Crippen LogP contribution >= 0.6 is 11.3 Å². The number of urea groups is 1. The zero-order chi connectivity index (χ0) is 29.6. The zero-order valence-electron chi connectivity index (χ0n) is 22.0. The van der Waals surface area contributed by atoms with Gasteiger partial charge < -0.3 is 15.5 Å². The van der Waals surface area contributed by atoms with Crippen LogP contribution in [0.25, 0.3) is 0 Å². The van der Waals surface area contributed by atoms with Crippen LogP contribution in [0, 0.1) is 11.3 Å². The normalized spacial score (nSPS) is 14.4. The number of carbonyl (C=O) groups excluding carboxylic acids is 3. The number of rotatable bonds is 8. The van der Waals surface area contributed by atoms with Crippen LogP contribution in [0.15, 0.2) is 48.5 Å². The molecule has 1 heterocycles. The molecule has 9 nitrogen and oxygen atoms in total. The minimum Gasteiger partial charge on any atom is -0.345 e. The number of aryl methyl sites for hydroxylation is 1. The van der Waals surface area contributed by atoms with Gasteiger partial charge in [0.1, 0.15) is 0 Å². The molecule has 41 heavy (non-hydrogen) atoms. The van der Waals surface area contributed by atoms with E-state index >= 15 is 0 Å². The van der Waals surface area contributed by atoms with Crippen molar-refractivity contribution in [3.63, 3.8) is 0 Å². The number of nitriles is 1. The Morgan fingerprint density at radius 3 is 2.66 bits per heavy atom. The molecule has 1 aliphatic rings. The van der Waals surface area contributed by atoms with Crippen molar-refractivity contribution in [3.8, 4) is 6.07 Å². The van der Waals surface area contributed by atoms with Crippen LogP contribution in [0.2, 0.25) is 0 Å². The molecule has 13 heteroatoms. The van der Waals surface area contributed by atoms with Gasteiger partial charge in [-0.1, -0.05) is 25.1 Å². The summed E-state index contributed by atoms with van der Waals surface area (Å²) in [5.41, 5.74) is 2.71. The first-order valence-corrected chi connectivity index (χ1v) is 13.7. The van der Waals surface area contributed by atoms with Crippen molar-refractivity contribution in [3.05, 3.63) is 75.8 Å². The molecule has 214 valence electrons. The van der Waals surface area contributed by atoms with Gasteiger partial charge in [0, 0.05) is 41.7 Å². The molecule has 4 rings (SSSR count). The van der Waals surface area contributed by atoms with E-state index in [4.69, 9.17) is 5.26 Å². The quantitative estimate of drug-likeness (QED) is 0.334. The van der Waals surface area contributed by atoms with Gasteiger partial charge >= 0.3 is 18.1 Å². The Hall–Kier alpha value is -4.44. The molecule has 1 atom stereocenters. The molecule has 0 aliphatic heterocycles. The number of halogens is 3. The van der Waals surface area contributed by atoms with E-state index in [2.05, 4.69) is 15.6 Å². The average molecular weight is 585 g/mol. The summed E-state index contributed by atoms with van der Waals surface area (Å²) in [4.78, 5) is 44.0. The Kier molecular flexibility index (Phi) is 9.24. The molecule has 0 spiro atoms. The largest absolute Gasteiger partial charge is 0.471 e. The van der Waals surface area contributed by atoms with E-state index < -0.39 is 24.0 Å². The maximum Gasteiger partial charge on any atom is 0.471 e. The minimum atomic E-state index is -4.94. The first-order chi connectivity index (χ1) is 19.5. The Labute approximate surface area is 238 Å². The van der Waals surface area contributed by atoms with Crippen molar-refractivity contribution in [2.24, 2.45) is 0 Å². The fourth-order valence-electron chi connectivity index (χ4n) is 4.41. The van der Waals surface area contributed by atoms with Crippen molar-refractivity contribution >= 4 is 40.0 Å². The van der Waals surface area contributed by atoms with Crippen LogP contribution in [0.4, 0.5) is 28.8 Å². The molecular formula is C28H27F3N6O3S. The lowest BCUT2D eigenvalue weighted by Crippen LogP contribution is -2.45. The molecule has 0 saturated heterocycles. The Balaban J connectivity index is 1.39.